The Morgan fingerprint density at radius 3 is 2.52 bits per heavy atom. The Balaban J connectivity index is 2.06. The first-order valence-electron chi connectivity index (χ1n) is 7.88. The van der Waals surface area contributed by atoms with E-state index in [1.54, 1.807) is 25.4 Å². The van der Waals surface area contributed by atoms with Gasteiger partial charge in [-0.05, 0) is 40.2 Å². The zero-order chi connectivity index (χ0) is 17.1. The van der Waals surface area contributed by atoms with Crippen molar-refractivity contribution in [3.05, 3.63) is 30.1 Å². The topological polar surface area (TPSA) is 57.7 Å². The monoisotopic (exact) mass is 317 g/mol. The van der Waals surface area contributed by atoms with Gasteiger partial charge in [0.1, 0.15) is 0 Å². The number of pyridine rings is 1. The third-order valence-corrected chi connectivity index (χ3v) is 4.21. The smallest absolute Gasteiger partial charge is 0.466 e. The van der Waals surface area contributed by atoms with Crippen LogP contribution in [0.2, 0.25) is 0 Å². The molecule has 0 saturated carbocycles. The molecule has 2 rings (SSSR count). The maximum atomic E-state index is 11.3. The number of hydrogen-bond donors (Lipinski definition) is 0. The van der Waals surface area contributed by atoms with Gasteiger partial charge >= 0.3 is 13.1 Å². The Morgan fingerprint density at radius 2 is 1.91 bits per heavy atom. The second-order valence-corrected chi connectivity index (χ2v) is 6.55. The first kappa shape index (κ1) is 17.7. The lowest BCUT2D eigenvalue weighted by atomic mass is 9.80. The summed E-state index contributed by atoms with van der Waals surface area (Å²) in [6.45, 7) is 10.3. The highest BCUT2D eigenvalue weighted by Crippen LogP contribution is 2.36. The number of hydrogen-bond acceptors (Lipinski definition) is 5. The molecule has 0 aliphatic carbocycles. The largest absolute Gasteiger partial charge is 0.496 e. The molecule has 0 amide bonds. The van der Waals surface area contributed by atoms with Crippen molar-refractivity contribution >= 4 is 24.6 Å². The van der Waals surface area contributed by atoms with E-state index in [9.17, 15) is 4.79 Å². The van der Waals surface area contributed by atoms with E-state index in [0.717, 1.165) is 11.0 Å². The van der Waals surface area contributed by atoms with Crippen molar-refractivity contribution in [2.45, 2.75) is 52.2 Å². The Hall–Kier alpha value is -1.66. The fourth-order valence-corrected chi connectivity index (χ4v) is 2.19. The summed E-state index contributed by atoms with van der Waals surface area (Å²) in [6, 6.07) is 1.96. The molecule has 0 aromatic carbocycles. The summed E-state index contributed by atoms with van der Waals surface area (Å²) in [4.78, 5) is 15.6. The van der Waals surface area contributed by atoms with Crippen LogP contribution in [0.15, 0.2) is 24.5 Å². The summed E-state index contributed by atoms with van der Waals surface area (Å²) in [6.07, 6.45) is 7.33. The number of ether oxygens (including phenoxy) is 1. The van der Waals surface area contributed by atoms with Crippen LogP contribution in [0, 0.1) is 0 Å². The molecule has 0 unspecified atom stereocenters. The second-order valence-electron chi connectivity index (χ2n) is 6.55. The average Bonchev–Trinajstić information content (AvgIpc) is 2.68. The van der Waals surface area contributed by atoms with Gasteiger partial charge in [0.05, 0.1) is 24.2 Å². The highest BCUT2D eigenvalue weighted by atomic mass is 16.7. The van der Waals surface area contributed by atoms with Crippen LogP contribution < -0.4 is 5.46 Å². The maximum Gasteiger partial charge on any atom is 0.496 e. The van der Waals surface area contributed by atoms with Gasteiger partial charge in [-0.1, -0.05) is 18.2 Å². The third-order valence-electron chi connectivity index (χ3n) is 4.21. The second kappa shape index (κ2) is 6.85. The molecular formula is C17H24BNO4. The molecule has 6 heteroatoms. The summed E-state index contributed by atoms with van der Waals surface area (Å²) in [5.74, 6) is -0.237. The minimum absolute atomic E-state index is 0.237. The van der Waals surface area contributed by atoms with Crippen molar-refractivity contribution in [2.75, 3.05) is 6.61 Å². The Morgan fingerprint density at radius 1 is 1.26 bits per heavy atom. The zero-order valence-corrected chi connectivity index (χ0v) is 14.5. The van der Waals surface area contributed by atoms with Gasteiger partial charge in [-0.3, -0.25) is 9.78 Å². The molecule has 2 heterocycles. The predicted molar refractivity (Wildman–Crippen MR) is 90.2 cm³/mol. The zero-order valence-electron chi connectivity index (χ0n) is 14.5. The minimum Gasteiger partial charge on any atom is -0.466 e. The van der Waals surface area contributed by atoms with Gasteiger partial charge in [0.15, 0.2) is 0 Å². The fraction of sp³-hybridized carbons (Fsp3) is 0.529. The molecule has 5 nitrogen and oxygen atoms in total. The van der Waals surface area contributed by atoms with E-state index in [1.165, 1.54) is 0 Å². The number of aromatic nitrogens is 1. The molecule has 1 fully saturated rings. The number of nitrogens with zero attached hydrogens (tertiary/aromatic N) is 1. The third kappa shape index (κ3) is 4.21. The van der Waals surface area contributed by atoms with Crippen LogP contribution in [0.1, 0.15) is 46.6 Å². The van der Waals surface area contributed by atoms with E-state index in [4.69, 9.17) is 14.0 Å². The van der Waals surface area contributed by atoms with Crippen LogP contribution in [0.4, 0.5) is 0 Å². The van der Waals surface area contributed by atoms with Crippen LogP contribution in [-0.2, 0) is 18.8 Å². The van der Waals surface area contributed by atoms with E-state index in [1.807, 2.05) is 39.8 Å². The number of esters is 1. The van der Waals surface area contributed by atoms with Crippen molar-refractivity contribution in [2.24, 2.45) is 0 Å². The van der Waals surface area contributed by atoms with Crippen LogP contribution >= 0.6 is 0 Å². The van der Waals surface area contributed by atoms with Crippen molar-refractivity contribution < 1.29 is 18.8 Å². The van der Waals surface area contributed by atoms with Crippen LogP contribution in [0.3, 0.4) is 0 Å². The van der Waals surface area contributed by atoms with Crippen molar-refractivity contribution in [3.63, 3.8) is 0 Å². The van der Waals surface area contributed by atoms with Crippen LogP contribution in [0.25, 0.3) is 6.08 Å². The van der Waals surface area contributed by atoms with Gasteiger partial charge in [-0.15, -0.1) is 0 Å². The van der Waals surface area contributed by atoms with E-state index < -0.39 is 7.12 Å². The first-order chi connectivity index (χ1) is 10.7. The summed E-state index contributed by atoms with van der Waals surface area (Å²) in [7, 11) is -0.439. The molecule has 0 bridgehead atoms. The summed E-state index contributed by atoms with van der Waals surface area (Å²) < 4.78 is 16.9. The number of carbonyl (C=O) groups is 1. The van der Waals surface area contributed by atoms with Crippen LogP contribution in [-0.4, -0.2) is 35.9 Å². The molecular weight excluding hydrogens is 293 g/mol. The molecule has 23 heavy (non-hydrogen) atoms. The molecule has 1 aliphatic heterocycles. The summed E-state index contributed by atoms with van der Waals surface area (Å²) >= 11 is 0. The van der Waals surface area contributed by atoms with Crippen molar-refractivity contribution in [1.29, 1.82) is 0 Å². The molecule has 0 spiro atoms. The van der Waals surface area contributed by atoms with Crippen molar-refractivity contribution in [3.8, 4) is 0 Å². The van der Waals surface area contributed by atoms with E-state index in [0.29, 0.717) is 6.61 Å². The van der Waals surface area contributed by atoms with E-state index in [-0.39, 0.29) is 23.6 Å². The molecule has 1 saturated heterocycles. The molecule has 0 N–H and O–H groups in total. The lowest BCUT2D eigenvalue weighted by Gasteiger charge is -2.32. The van der Waals surface area contributed by atoms with Gasteiger partial charge in [0, 0.05) is 17.9 Å². The highest BCUT2D eigenvalue weighted by molar-refractivity contribution is 6.62. The van der Waals surface area contributed by atoms with Gasteiger partial charge in [-0.25, -0.2) is 0 Å². The molecule has 1 aliphatic rings. The number of rotatable bonds is 5. The molecule has 124 valence electrons. The summed E-state index contributed by atoms with van der Waals surface area (Å²) in [5.41, 5.74) is 0.990. The fourth-order valence-electron chi connectivity index (χ4n) is 2.19. The van der Waals surface area contributed by atoms with Gasteiger partial charge in [-0.2, -0.15) is 0 Å². The molecule has 0 atom stereocenters. The Bertz CT molecular complexity index is 582. The first-order valence-corrected chi connectivity index (χ1v) is 7.88. The lowest BCUT2D eigenvalue weighted by Crippen LogP contribution is -2.41. The summed E-state index contributed by atoms with van der Waals surface area (Å²) in [5, 5.41) is 0. The predicted octanol–water partition coefficient (Wildman–Crippen LogP) is 2.35. The quantitative estimate of drug-likeness (QED) is 0.616. The Kier molecular flexibility index (Phi) is 5.27. The SMILES string of the molecule is CCOC(=O)CC=Cc1cncc(B2OC(C)(C)C(C)(C)O2)c1. The highest BCUT2D eigenvalue weighted by Gasteiger charge is 2.51. The standard InChI is InChI=1S/C17H24BNO4/c1-6-21-15(20)9-7-8-13-10-14(12-19-11-13)18-22-16(2,3)17(4,5)23-18/h7-8,10-12H,6,9H2,1-5H3. The van der Waals surface area contributed by atoms with Gasteiger partial charge in [0.2, 0.25) is 0 Å². The Labute approximate surface area is 138 Å². The lowest BCUT2D eigenvalue weighted by molar-refractivity contribution is -0.142. The minimum atomic E-state index is -0.439. The van der Waals surface area contributed by atoms with Gasteiger partial charge < -0.3 is 14.0 Å². The average molecular weight is 317 g/mol. The molecule has 1 aromatic rings. The normalized spacial score (nSPS) is 19.3. The van der Waals surface area contributed by atoms with E-state index >= 15 is 0 Å². The maximum absolute atomic E-state index is 11.3. The molecule has 0 radical (unpaired) electrons. The number of carbonyl (C=O) groups excluding carboxylic acids is 1. The van der Waals surface area contributed by atoms with E-state index in [2.05, 4.69) is 4.98 Å². The van der Waals surface area contributed by atoms with Gasteiger partial charge in [0.25, 0.3) is 0 Å². The van der Waals surface area contributed by atoms with Crippen molar-refractivity contribution in [1.82, 2.24) is 4.98 Å². The van der Waals surface area contributed by atoms with Crippen LogP contribution in [0.5, 0.6) is 0 Å². The molecule has 1 aromatic heterocycles.